The van der Waals surface area contributed by atoms with Gasteiger partial charge in [-0.15, -0.1) is 0 Å². The zero-order valence-electron chi connectivity index (χ0n) is 19.7. The maximum Gasteiger partial charge on any atom is 0.240 e. The first-order valence-electron chi connectivity index (χ1n) is 12.1. The second-order valence-electron chi connectivity index (χ2n) is 9.51. The second kappa shape index (κ2) is 9.93. The summed E-state index contributed by atoms with van der Waals surface area (Å²) in [6.45, 7) is 3.79. The number of H-pyrrole nitrogens is 1. The summed E-state index contributed by atoms with van der Waals surface area (Å²) in [7, 11) is -3.71. The number of rotatable bonds is 5. The molecule has 1 aliphatic heterocycles. The highest BCUT2D eigenvalue weighted by Crippen LogP contribution is 2.35. The highest BCUT2D eigenvalue weighted by atomic mass is 35.5. The van der Waals surface area contributed by atoms with E-state index in [-0.39, 0.29) is 28.8 Å². The topological polar surface area (TPSA) is 91.5 Å². The van der Waals surface area contributed by atoms with Crippen LogP contribution in [0, 0.1) is 5.92 Å². The third kappa shape index (κ3) is 4.98. The van der Waals surface area contributed by atoms with Crippen LogP contribution in [-0.4, -0.2) is 56.1 Å². The molecule has 2 aliphatic rings. The van der Waals surface area contributed by atoms with Gasteiger partial charge in [0.25, 0.3) is 0 Å². The van der Waals surface area contributed by atoms with Crippen molar-refractivity contribution in [3.8, 4) is 11.3 Å². The summed E-state index contributed by atoms with van der Waals surface area (Å²) in [5, 5.41) is 1.35. The highest BCUT2D eigenvalue weighted by molar-refractivity contribution is 7.89. The Labute approximate surface area is 210 Å². The standard InChI is InChI=1S/C26H30ClN3O4S/c1-17-16-34-14-13-30(17)26(31)19-7-9-20(10-8-19)29-35(32,33)21-11-12-22-23(15-21)28-25(24(22)27)18-5-3-2-4-6-18/h2-6,11-12,15,17,19-20,28-29H,7-10,13-14,16H2,1H3/t17-,19-,20-/m0/s1. The van der Waals surface area contributed by atoms with Gasteiger partial charge in [-0.3, -0.25) is 4.79 Å². The predicted octanol–water partition coefficient (Wildman–Crippen LogP) is 4.57. The highest BCUT2D eigenvalue weighted by Gasteiger charge is 2.34. The van der Waals surface area contributed by atoms with E-state index in [0.29, 0.717) is 56.0 Å². The minimum absolute atomic E-state index is 0.0508. The fourth-order valence-electron chi connectivity index (χ4n) is 5.15. The van der Waals surface area contributed by atoms with Gasteiger partial charge in [-0.2, -0.15) is 0 Å². The lowest BCUT2D eigenvalue weighted by Crippen LogP contribution is -2.50. The van der Waals surface area contributed by atoms with E-state index in [1.165, 1.54) is 0 Å². The normalized spacial score (nSPS) is 23.5. The van der Waals surface area contributed by atoms with E-state index in [0.717, 1.165) is 16.6 Å². The molecule has 2 heterocycles. The number of fused-ring (bicyclic) bond motifs is 1. The molecule has 1 atom stereocenters. The number of hydrogen-bond acceptors (Lipinski definition) is 4. The Morgan fingerprint density at radius 3 is 2.57 bits per heavy atom. The Bertz CT molecular complexity index is 1320. The lowest BCUT2D eigenvalue weighted by molar-refractivity contribution is -0.144. The van der Waals surface area contributed by atoms with Gasteiger partial charge in [-0.25, -0.2) is 13.1 Å². The molecule has 2 aromatic carbocycles. The van der Waals surface area contributed by atoms with Gasteiger partial charge in [-0.1, -0.05) is 41.9 Å². The first-order chi connectivity index (χ1) is 16.8. The largest absolute Gasteiger partial charge is 0.377 e. The number of aromatic nitrogens is 1. The van der Waals surface area contributed by atoms with Gasteiger partial charge >= 0.3 is 0 Å². The quantitative estimate of drug-likeness (QED) is 0.520. The number of benzene rings is 2. The molecule has 186 valence electrons. The molecule has 1 saturated heterocycles. The second-order valence-corrected chi connectivity index (χ2v) is 11.6. The number of ether oxygens (including phenoxy) is 1. The van der Waals surface area contributed by atoms with Crippen LogP contribution in [0.5, 0.6) is 0 Å². The van der Waals surface area contributed by atoms with Crippen molar-refractivity contribution in [1.82, 2.24) is 14.6 Å². The van der Waals surface area contributed by atoms with Gasteiger partial charge in [0.15, 0.2) is 0 Å². The van der Waals surface area contributed by atoms with Crippen LogP contribution < -0.4 is 4.72 Å². The molecule has 2 N–H and O–H groups in total. The monoisotopic (exact) mass is 515 g/mol. The van der Waals surface area contributed by atoms with E-state index in [4.69, 9.17) is 16.3 Å². The molecule has 0 bridgehead atoms. The molecule has 5 rings (SSSR count). The number of hydrogen-bond donors (Lipinski definition) is 2. The fourth-order valence-corrected chi connectivity index (χ4v) is 6.80. The molecule has 0 unspecified atom stereocenters. The number of amides is 1. The van der Waals surface area contributed by atoms with Crippen molar-refractivity contribution >= 4 is 38.4 Å². The van der Waals surface area contributed by atoms with E-state index in [9.17, 15) is 13.2 Å². The minimum atomic E-state index is -3.71. The molecule has 35 heavy (non-hydrogen) atoms. The summed E-state index contributed by atoms with van der Waals surface area (Å²) < 4.78 is 34.6. The lowest BCUT2D eigenvalue weighted by atomic mass is 9.85. The van der Waals surface area contributed by atoms with Gasteiger partial charge in [0.05, 0.1) is 34.9 Å². The number of aromatic amines is 1. The molecular weight excluding hydrogens is 486 g/mol. The van der Waals surface area contributed by atoms with Crippen LogP contribution in [0.25, 0.3) is 22.2 Å². The summed E-state index contributed by atoms with van der Waals surface area (Å²) in [6, 6.07) is 14.6. The number of carbonyl (C=O) groups excluding carboxylic acids is 1. The number of morpholine rings is 1. The number of halogens is 1. The maximum absolute atomic E-state index is 13.2. The molecule has 9 heteroatoms. The first kappa shape index (κ1) is 24.3. The molecule has 0 radical (unpaired) electrons. The van der Waals surface area contributed by atoms with Crippen LogP contribution in [0.1, 0.15) is 32.6 Å². The molecular formula is C26H30ClN3O4S. The molecule has 0 spiro atoms. The van der Waals surface area contributed by atoms with Crippen LogP contribution in [0.15, 0.2) is 53.4 Å². The Morgan fingerprint density at radius 1 is 1.11 bits per heavy atom. The number of sulfonamides is 1. The Kier molecular flexibility index (Phi) is 6.90. The average molecular weight is 516 g/mol. The molecule has 2 fully saturated rings. The van der Waals surface area contributed by atoms with E-state index >= 15 is 0 Å². The van der Waals surface area contributed by atoms with Crippen molar-refractivity contribution in [2.45, 2.75) is 49.6 Å². The number of nitrogens with one attached hydrogen (secondary N) is 2. The Morgan fingerprint density at radius 2 is 1.86 bits per heavy atom. The summed E-state index contributed by atoms with van der Waals surface area (Å²) in [4.78, 5) is 18.3. The summed E-state index contributed by atoms with van der Waals surface area (Å²) in [5.41, 5.74) is 2.38. The van der Waals surface area contributed by atoms with Gasteiger partial charge in [0.1, 0.15) is 0 Å². The number of nitrogens with zero attached hydrogens (tertiary/aromatic N) is 1. The van der Waals surface area contributed by atoms with Crippen molar-refractivity contribution in [2.75, 3.05) is 19.8 Å². The third-order valence-corrected chi connectivity index (χ3v) is 9.04. The van der Waals surface area contributed by atoms with E-state index in [2.05, 4.69) is 9.71 Å². The lowest BCUT2D eigenvalue weighted by Gasteiger charge is -2.37. The van der Waals surface area contributed by atoms with Gasteiger partial charge in [0, 0.05) is 29.4 Å². The zero-order chi connectivity index (χ0) is 24.6. The van der Waals surface area contributed by atoms with Gasteiger partial charge in [0.2, 0.25) is 15.9 Å². The van der Waals surface area contributed by atoms with Crippen LogP contribution in [-0.2, 0) is 19.6 Å². The Balaban J connectivity index is 1.26. The fraction of sp³-hybridized carbons (Fsp3) is 0.423. The number of carbonyl (C=O) groups is 1. The summed E-state index contributed by atoms with van der Waals surface area (Å²) >= 11 is 6.58. The van der Waals surface area contributed by atoms with Crippen molar-refractivity contribution in [1.29, 1.82) is 0 Å². The molecule has 1 aromatic heterocycles. The van der Waals surface area contributed by atoms with Gasteiger partial charge < -0.3 is 14.6 Å². The molecule has 1 amide bonds. The van der Waals surface area contributed by atoms with E-state index in [1.807, 2.05) is 42.2 Å². The van der Waals surface area contributed by atoms with Crippen molar-refractivity contribution in [2.24, 2.45) is 5.92 Å². The van der Waals surface area contributed by atoms with Crippen LogP contribution in [0.4, 0.5) is 0 Å². The molecule has 1 saturated carbocycles. The minimum Gasteiger partial charge on any atom is -0.377 e. The van der Waals surface area contributed by atoms with E-state index < -0.39 is 10.0 Å². The molecule has 7 nitrogen and oxygen atoms in total. The zero-order valence-corrected chi connectivity index (χ0v) is 21.2. The van der Waals surface area contributed by atoms with Crippen molar-refractivity contribution in [3.63, 3.8) is 0 Å². The molecule has 3 aromatic rings. The average Bonchev–Trinajstić information content (AvgIpc) is 3.20. The van der Waals surface area contributed by atoms with Crippen LogP contribution >= 0.6 is 11.6 Å². The third-order valence-electron chi connectivity index (χ3n) is 7.13. The SMILES string of the molecule is C[C@H]1COCCN1C(=O)[C@H]1CC[C@H](NS(=O)(=O)c2ccc3c(Cl)c(-c4ccccc4)[nH]c3c2)CC1. The summed E-state index contributed by atoms with van der Waals surface area (Å²) in [6.07, 6.45) is 2.65. The summed E-state index contributed by atoms with van der Waals surface area (Å²) in [5.74, 6) is 0.121. The first-order valence-corrected chi connectivity index (χ1v) is 14.0. The molecule has 1 aliphatic carbocycles. The van der Waals surface area contributed by atoms with Crippen molar-refractivity contribution in [3.05, 3.63) is 53.6 Å². The Hall–Kier alpha value is -2.39. The van der Waals surface area contributed by atoms with Crippen LogP contribution in [0.2, 0.25) is 5.02 Å². The van der Waals surface area contributed by atoms with E-state index in [1.54, 1.807) is 18.2 Å². The van der Waals surface area contributed by atoms with Gasteiger partial charge in [-0.05, 0) is 56.4 Å². The maximum atomic E-state index is 13.2. The van der Waals surface area contributed by atoms with Crippen molar-refractivity contribution < 1.29 is 17.9 Å². The smallest absolute Gasteiger partial charge is 0.240 e. The predicted molar refractivity (Wildman–Crippen MR) is 137 cm³/mol. The van der Waals surface area contributed by atoms with Crippen LogP contribution in [0.3, 0.4) is 0 Å².